The van der Waals surface area contributed by atoms with Gasteiger partial charge in [0.15, 0.2) is 0 Å². The van der Waals surface area contributed by atoms with Crippen molar-refractivity contribution in [3.63, 3.8) is 0 Å². The van der Waals surface area contributed by atoms with Crippen molar-refractivity contribution in [1.29, 1.82) is 0 Å². The molecule has 1 atom stereocenters. The van der Waals surface area contributed by atoms with Crippen molar-refractivity contribution < 1.29 is 4.74 Å². The van der Waals surface area contributed by atoms with E-state index in [0.717, 1.165) is 18.0 Å². The zero-order valence-electron chi connectivity index (χ0n) is 11.5. The van der Waals surface area contributed by atoms with Crippen LogP contribution in [0.5, 0.6) is 5.75 Å². The molecule has 1 rings (SSSR count). The van der Waals surface area contributed by atoms with Gasteiger partial charge in [0.25, 0.3) is 0 Å². The van der Waals surface area contributed by atoms with E-state index in [9.17, 15) is 0 Å². The van der Waals surface area contributed by atoms with Crippen LogP contribution >= 0.6 is 0 Å². The Morgan fingerprint density at radius 2 is 1.88 bits per heavy atom. The Morgan fingerprint density at radius 3 is 2.41 bits per heavy atom. The van der Waals surface area contributed by atoms with Gasteiger partial charge in [-0.1, -0.05) is 13.8 Å². The van der Waals surface area contributed by atoms with E-state index in [-0.39, 0.29) is 0 Å². The lowest BCUT2D eigenvalue weighted by atomic mass is 10.0. The number of nitrogens with zero attached hydrogens (tertiary/aromatic N) is 1. The van der Waals surface area contributed by atoms with Crippen molar-refractivity contribution in [2.45, 2.75) is 33.4 Å². The summed E-state index contributed by atoms with van der Waals surface area (Å²) in [5.41, 5.74) is 7.79. The molecule has 0 aliphatic carbocycles. The molecule has 1 unspecified atom stereocenters. The molecule has 2 N–H and O–H groups in total. The zero-order valence-corrected chi connectivity index (χ0v) is 11.5. The molecule has 1 aromatic carbocycles. The van der Waals surface area contributed by atoms with Crippen LogP contribution in [0.4, 0.5) is 5.69 Å². The molecule has 17 heavy (non-hydrogen) atoms. The van der Waals surface area contributed by atoms with Crippen molar-refractivity contribution in [3.8, 4) is 5.75 Å². The van der Waals surface area contributed by atoms with Crippen LogP contribution in [-0.4, -0.2) is 25.1 Å². The van der Waals surface area contributed by atoms with Crippen molar-refractivity contribution in [2.24, 2.45) is 5.92 Å². The van der Waals surface area contributed by atoms with E-state index in [2.05, 4.69) is 32.7 Å². The highest BCUT2D eigenvalue weighted by Gasteiger charge is 2.13. The summed E-state index contributed by atoms with van der Waals surface area (Å²) in [6.45, 7) is 7.61. The van der Waals surface area contributed by atoms with Gasteiger partial charge in [0.1, 0.15) is 5.75 Å². The molecule has 0 aromatic heterocycles. The van der Waals surface area contributed by atoms with Crippen LogP contribution in [0.1, 0.15) is 26.3 Å². The molecule has 0 fully saturated rings. The number of anilines is 1. The number of rotatable bonds is 5. The predicted molar refractivity (Wildman–Crippen MR) is 73.2 cm³/mol. The monoisotopic (exact) mass is 236 g/mol. The number of hydrogen-bond donors (Lipinski definition) is 1. The Morgan fingerprint density at radius 1 is 1.24 bits per heavy atom. The van der Waals surface area contributed by atoms with Gasteiger partial charge in [0.05, 0.1) is 7.11 Å². The van der Waals surface area contributed by atoms with Crippen LogP contribution in [0.3, 0.4) is 0 Å². The first kappa shape index (κ1) is 13.8. The highest BCUT2D eigenvalue weighted by Crippen LogP contribution is 2.20. The Hall–Kier alpha value is -1.22. The van der Waals surface area contributed by atoms with E-state index in [0.29, 0.717) is 12.0 Å². The third-order valence-electron chi connectivity index (χ3n) is 3.32. The fraction of sp³-hybridized carbons (Fsp3) is 0.571. The largest absolute Gasteiger partial charge is 0.497 e. The van der Waals surface area contributed by atoms with Gasteiger partial charge < -0.3 is 10.5 Å². The van der Waals surface area contributed by atoms with E-state index in [1.807, 2.05) is 18.2 Å². The summed E-state index contributed by atoms with van der Waals surface area (Å²) >= 11 is 0. The third kappa shape index (κ3) is 3.93. The maximum absolute atomic E-state index is 5.85. The van der Waals surface area contributed by atoms with Gasteiger partial charge in [-0.2, -0.15) is 0 Å². The average Bonchev–Trinajstić information content (AvgIpc) is 2.26. The molecule has 0 radical (unpaired) electrons. The molecule has 0 saturated heterocycles. The lowest BCUT2D eigenvalue weighted by Crippen LogP contribution is -2.32. The van der Waals surface area contributed by atoms with Gasteiger partial charge in [-0.3, -0.25) is 4.90 Å². The molecule has 1 aromatic rings. The molecule has 0 bridgehead atoms. The average molecular weight is 236 g/mol. The minimum atomic E-state index is 0.544. The fourth-order valence-electron chi connectivity index (χ4n) is 1.84. The van der Waals surface area contributed by atoms with Crippen LogP contribution in [0.2, 0.25) is 0 Å². The lowest BCUT2D eigenvalue weighted by molar-refractivity contribution is 0.200. The summed E-state index contributed by atoms with van der Waals surface area (Å²) in [5.74, 6) is 1.47. The van der Waals surface area contributed by atoms with Gasteiger partial charge >= 0.3 is 0 Å². The molecule has 0 amide bonds. The number of hydrogen-bond acceptors (Lipinski definition) is 3. The standard InChI is InChI=1S/C14H24N2O/c1-10(2)11(3)16(4)9-12-6-13(15)8-14(7-12)17-5/h6-8,10-11H,9,15H2,1-5H3. The van der Waals surface area contributed by atoms with E-state index in [1.165, 1.54) is 5.56 Å². The third-order valence-corrected chi connectivity index (χ3v) is 3.32. The summed E-state index contributed by atoms with van der Waals surface area (Å²) in [6, 6.07) is 6.43. The molecule has 0 aliphatic heterocycles. The Labute approximate surface area is 105 Å². The smallest absolute Gasteiger partial charge is 0.121 e. The molecule has 3 nitrogen and oxygen atoms in total. The molecule has 0 spiro atoms. The maximum Gasteiger partial charge on any atom is 0.121 e. The quantitative estimate of drug-likeness (QED) is 0.799. The highest BCUT2D eigenvalue weighted by atomic mass is 16.5. The number of benzene rings is 1. The van der Waals surface area contributed by atoms with Crippen LogP contribution < -0.4 is 10.5 Å². The van der Waals surface area contributed by atoms with Crippen LogP contribution in [0.25, 0.3) is 0 Å². The zero-order chi connectivity index (χ0) is 13.0. The van der Waals surface area contributed by atoms with E-state index < -0.39 is 0 Å². The number of ether oxygens (including phenoxy) is 1. The Bertz CT molecular complexity index is 363. The van der Waals surface area contributed by atoms with Gasteiger partial charge in [0.2, 0.25) is 0 Å². The summed E-state index contributed by atoms with van der Waals surface area (Å²) in [7, 11) is 3.80. The van der Waals surface area contributed by atoms with Crippen molar-refractivity contribution in [1.82, 2.24) is 4.90 Å². The predicted octanol–water partition coefficient (Wildman–Crippen LogP) is 2.75. The minimum absolute atomic E-state index is 0.544. The maximum atomic E-state index is 5.85. The summed E-state index contributed by atoms with van der Waals surface area (Å²) in [6.07, 6.45) is 0. The number of nitrogens with two attached hydrogens (primary N) is 1. The van der Waals surface area contributed by atoms with Crippen LogP contribution in [-0.2, 0) is 6.54 Å². The topological polar surface area (TPSA) is 38.5 Å². The Balaban J connectivity index is 2.77. The minimum Gasteiger partial charge on any atom is -0.497 e. The molecule has 0 aliphatic rings. The highest BCUT2D eigenvalue weighted by molar-refractivity contribution is 5.47. The van der Waals surface area contributed by atoms with Gasteiger partial charge in [-0.05, 0) is 37.6 Å². The summed E-state index contributed by atoms with van der Waals surface area (Å²) in [4.78, 5) is 2.33. The molecular formula is C14H24N2O. The second-order valence-corrected chi connectivity index (χ2v) is 5.01. The van der Waals surface area contributed by atoms with Gasteiger partial charge in [-0.15, -0.1) is 0 Å². The van der Waals surface area contributed by atoms with Crippen molar-refractivity contribution in [2.75, 3.05) is 19.9 Å². The van der Waals surface area contributed by atoms with Crippen molar-refractivity contribution >= 4 is 5.69 Å². The van der Waals surface area contributed by atoms with E-state index in [1.54, 1.807) is 7.11 Å². The lowest BCUT2D eigenvalue weighted by Gasteiger charge is -2.28. The van der Waals surface area contributed by atoms with Gasteiger partial charge in [0, 0.05) is 24.3 Å². The van der Waals surface area contributed by atoms with Crippen LogP contribution in [0, 0.1) is 5.92 Å². The normalized spacial score (nSPS) is 13.1. The summed E-state index contributed by atoms with van der Waals surface area (Å²) in [5, 5.41) is 0. The first-order valence-electron chi connectivity index (χ1n) is 6.07. The fourth-order valence-corrected chi connectivity index (χ4v) is 1.84. The molecule has 0 saturated carbocycles. The molecular weight excluding hydrogens is 212 g/mol. The molecule has 3 heteroatoms. The summed E-state index contributed by atoms with van der Waals surface area (Å²) < 4.78 is 5.23. The number of methoxy groups -OCH3 is 1. The van der Waals surface area contributed by atoms with Gasteiger partial charge in [-0.25, -0.2) is 0 Å². The van der Waals surface area contributed by atoms with E-state index in [4.69, 9.17) is 10.5 Å². The Kier molecular flexibility index (Phi) is 4.82. The van der Waals surface area contributed by atoms with Crippen LogP contribution in [0.15, 0.2) is 18.2 Å². The van der Waals surface area contributed by atoms with Crippen molar-refractivity contribution in [3.05, 3.63) is 23.8 Å². The second kappa shape index (κ2) is 5.92. The molecule has 0 heterocycles. The SMILES string of the molecule is COc1cc(N)cc(CN(C)C(C)C(C)C)c1. The number of nitrogen functional groups attached to an aromatic ring is 1. The van der Waals surface area contributed by atoms with E-state index >= 15 is 0 Å². The second-order valence-electron chi connectivity index (χ2n) is 5.01. The first-order valence-corrected chi connectivity index (χ1v) is 6.07. The first-order chi connectivity index (χ1) is 7.93. The molecule has 96 valence electrons.